The minimum atomic E-state index is -0.856. The molecule has 2 N–H and O–H groups in total. The van der Waals surface area contributed by atoms with Crippen molar-refractivity contribution >= 4 is 23.7 Å². The summed E-state index contributed by atoms with van der Waals surface area (Å²) in [6.07, 6.45) is 2.24. The van der Waals surface area contributed by atoms with Gasteiger partial charge in [-0.1, -0.05) is 6.08 Å². The van der Waals surface area contributed by atoms with Crippen LogP contribution in [-0.2, 0) is 14.3 Å². The Morgan fingerprint density at radius 1 is 1.13 bits per heavy atom. The van der Waals surface area contributed by atoms with E-state index in [1.165, 1.54) is 31.2 Å². The molecule has 0 unspecified atom stereocenters. The number of ether oxygens (including phenoxy) is 2. The molecule has 0 aromatic heterocycles. The van der Waals surface area contributed by atoms with Crippen molar-refractivity contribution in [1.29, 1.82) is 0 Å². The minimum absolute atomic E-state index is 0.123. The number of esters is 1. The Bertz CT molecular complexity index is 843. The molecule has 162 valence electrons. The molecule has 3 atom stereocenters. The van der Waals surface area contributed by atoms with E-state index in [0.29, 0.717) is 6.42 Å². The van der Waals surface area contributed by atoms with Crippen LogP contribution in [0.3, 0.4) is 0 Å². The fourth-order valence-electron chi connectivity index (χ4n) is 2.90. The highest BCUT2D eigenvalue weighted by molar-refractivity contribution is 5.90. The maximum atomic E-state index is 12.5. The van der Waals surface area contributed by atoms with Crippen molar-refractivity contribution in [2.45, 2.75) is 57.9 Å². The lowest BCUT2D eigenvalue weighted by Crippen LogP contribution is -2.58. The third kappa shape index (κ3) is 6.57. The van der Waals surface area contributed by atoms with Gasteiger partial charge in [0, 0.05) is 19.1 Å². The second-order valence-electron chi connectivity index (χ2n) is 7.82. The van der Waals surface area contributed by atoms with E-state index < -0.39 is 40.8 Å². The van der Waals surface area contributed by atoms with E-state index in [1.807, 2.05) is 0 Å². The first-order chi connectivity index (χ1) is 14.0. The molecule has 1 aromatic carbocycles. The van der Waals surface area contributed by atoms with Crippen LogP contribution in [0.4, 0.5) is 10.5 Å². The molecule has 2 rings (SSSR count). The van der Waals surface area contributed by atoms with Crippen LogP contribution in [0, 0.1) is 10.1 Å². The highest BCUT2D eigenvalue weighted by Gasteiger charge is 2.35. The summed E-state index contributed by atoms with van der Waals surface area (Å²) in [5.74, 6) is -1.07. The summed E-state index contributed by atoms with van der Waals surface area (Å²) < 4.78 is 10.8. The van der Waals surface area contributed by atoms with Crippen molar-refractivity contribution in [3.05, 3.63) is 52.1 Å². The second kappa shape index (κ2) is 9.38. The van der Waals surface area contributed by atoms with E-state index in [4.69, 9.17) is 9.47 Å². The number of carbonyl (C=O) groups is 3. The van der Waals surface area contributed by atoms with E-state index in [0.717, 1.165) is 0 Å². The monoisotopic (exact) mass is 419 g/mol. The molecule has 1 aromatic rings. The van der Waals surface area contributed by atoms with Crippen molar-refractivity contribution in [3.8, 4) is 0 Å². The summed E-state index contributed by atoms with van der Waals surface area (Å²) in [7, 11) is 0. The summed E-state index contributed by atoms with van der Waals surface area (Å²) in [4.78, 5) is 46.5. The Kier molecular flexibility index (Phi) is 7.14. The SMILES string of the molecule is CC(=O)N[C@@H]1[C@@H](OC(=O)c2ccc([N+](=O)[O-])cc2)C=CC[C@H]1NC(=O)OC(C)(C)C. The molecular formula is C20H25N3O7. The molecule has 0 aliphatic heterocycles. The number of hydrogen-bond donors (Lipinski definition) is 2. The minimum Gasteiger partial charge on any atom is -0.452 e. The lowest BCUT2D eigenvalue weighted by atomic mass is 9.93. The summed E-state index contributed by atoms with van der Waals surface area (Å²) in [6, 6.07) is 3.69. The first-order valence-electron chi connectivity index (χ1n) is 9.35. The quantitative estimate of drug-likeness (QED) is 0.324. The van der Waals surface area contributed by atoms with Gasteiger partial charge in [0.1, 0.15) is 11.7 Å². The molecule has 1 aliphatic carbocycles. The molecule has 2 amide bonds. The first kappa shape index (κ1) is 22.9. The van der Waals surface area contributed by atoms with Gasteiger partial charge >= 0.3 is 12.1 Å². The summed E-state index contributed by atoms with van der Waals surface area (Å²) in [5, 5.41) is 16.2. The van der Waals surface area contributed by atoms with Gasteiger partial charge in [0.2, 0.25) is 5.91 Å². The number of nitro groups is 1. The fourth-order valence-corrected chi connectivity index (χ4v) is 2.90. The van der Waals surface area contributed by atoms with Gasteiger partial charge in [0.25, 0.3) is 5.69 Å². The Hall–Kier alpha value is -3.43. The Morgan fingerprint density at radius 2 is 1.77 bits per heavy atom. The lowest BCUT2D eigenvalue weighted by molar-refractivity contribution is -0.384. The maximum Gasteiger partial charge on any atom is 0.407 e. The van der Waals surface area contributed by atoms with Crippen LogP contribution in [0.25, 0.3) is 0 Å². The number of nitro benzene ring substituents is 1. The number of amides is 2. The van der Waals surface area contributed by atoms with Crippen molar-refractivity contribution in [2.75, 3.05) is 0 Å². The van der Waals surface area contributed by atoms with Crippen LogP contribution < -0.4 is 10.6 Å². The average molecular weight is 419 g/mol. The average Bonchev–Trinajstić information content (AvgIpc) is 2.62. The summed E-state index contributed by atoms with van der Waals surface area (Å²) >= 11 is 0. The van der Waals surface area contributed by atoms with Crippen LogP contribution in [0.5, 0.6) is 0 Å². The van der Waals surface area contributed by atoms with E-state index in [-0.39, 0.29) is 17.2 Å². The third-order valence-electron chi connectivity index (χ3n) is 4.13. The number of alkyl carbamates (subject to hydrolysis) is 1. The van der Waals surface area contributed by atoms with Crippen molar-refractivity contribution in [3.63, 3.8) is 0 Å². The highest BCUT2D eigenvalue weighted by Crippen LogP contribution is 2.20. The van der Waals surface area contributed by atoms with Gasteiger partial charge in [-0.05, 0) is 45.4 Å². The van der Waals surface area contributed by atoms with Crippen molar-refractivity contribution in [1.82, 2.24) is 10.6 Å². The van der Waals surface area contributed by atoms with E-state index in [9.17, 15) is 24.5 Å². The Morgan fingerprint density at radius 3 is 2.30 bits per heavy atom. The van der Waals surface area contributed by atoms with Crippen LogP contribution in [-0.4, -0.2) is 46.7 Å². The van der Waals surface area contributed by atoms with Gasteiger partial charge in [-0.3, -0.25) is 14.9 Å². The highest BCUT2D eigenvalue weighted by atomic mass is 16.6. The normalized spacial score (nSPS) is 20.7. The van der Waals surface area contributed by atoms with Gasteiger partial charge in [0.05, 0.1) is 22.6 Å². The van der Waals surface area contributed by atoms with Crippen molar-refractivity contribution in [2.24, 2.45) is 0 Å². The molecule has 0 saturated carbocycles. The molecule has 0 bridgehead atoms. The topological polar surface area (TPSA) is 137 Å². The fraction of sp³-hybridized carbons (Fsp3) is 0.450. The third-order valence-corrected chi connectivity index (χ3v) is 4.13. The number of hydrogen-bond acceptors (Lipinski definition) is 7. The molecule has 0 heterocycles. The Balaban J connectivity index is 2.14. The predicted molar refractivity (Wildman–Crippen MR) is 107 cm³/mol. The molecule has 30 heavy (non-hydrogen) atoms. The molecule has 0 spiro atoms. The summed E-state index contributed by atoms with van der Waals surface area (Å²) in [6.45, 7) is 6.51. The predicted octanol–water partition coefficient (Wildman–Crippen LogP) is 2.48. The van der Waals surface area contributed by atoms with Crippen molar-refractivity contribution < 1.29 is 28.8 Å². The second-order valence-corrected chi connectivity index (χ2v) is 7.82. The van der Waals surface area contributed by atoms with Crippen LogP contribution in [0.1, 0.15) is 44.5 Å². The van der Waals surface area contributed by atoms with Gasteiger partial charge in [-0.25, -0.2) is 9.59 Å². The van der Waals surface area contributed by atoms with Gasteiger partial charge in [-0.2, -0.15) is 0 Å². The molecule has 0 fully saturated rings. The largest absolute Gasteiger partial charge is 0.452 e. The standard InChI is InChI=1S/C20H25N3O7/c1-12(24)21-17-15(22-19(26)30-20(2,3)4)6-5-7-16(17)29-18(25)13-8-10-14(11-9-13)23(27)28/h5,7-11,15-17H,6H2,1-4H3,(H,21,24)(H,22,26)/t15-,16+,17+/m1/s1. The number of nitrogens with zero attached hydrogens (tertiary/aromatic N) is 1. The maximum absolute atomic E-state index is 12.5. The van der Waals surface area contributed by atoms with E-state index in [1.54, 1.807) is 32.9 Å². The van der Waals surface area contributed by atoms with E-state index >= 15 is 0 Å². The molecular weight excluding hydrogens is 394 g/mol. The van der Waals surface area contributed by atoms with Gasteiger partial charge in [0.15, 0.2) is 0 Å². The molecule has 0 saturated heterocycles. The van der Waals surface area contributed by atoms with Crippen LogP contribution in [0.2, 0.25) is 0 Å². The number of non-ortho nitro benzene ring substituents is 1. The van der Waals surface area contributed by atoms with Gasteiger partial charge < -0.3 is 20.1 Å². The molecule has 0 radical (unpaired) electrons. The number of rotatable bonds is 5. The molecule has 10 heteroatoms. The summed E-state index contributed by atoms with van der Waals surface area (Å²) in [5.41, 5.74) is -0.723. The zero-order valence-corrected chi connectivity index (χ0v) is 17.2. The Labute approximate surface area is 173 Å². The first-order valence-corrected chi connectivity index (χ1v) is 9.35. The molecule has 1 aliphatic rings. The number of nitrogens with one attached hydrogen (secondary N) is 2. The lowest BCUT2D eigenvalue weighted by Gasteiger charge is -2.35. The number of benzene rings is 1. The molecule has 10 nitrogen and oxygen atoms in total. The van der Waals surface area contributed by atoms with Gasteiger partial charge in [-0.15, -0.1) is 0 Å². The zero-order chi connectivity index (χ0) is 22.5. The smallest absolute Gasteiger partial charge is 0.407 e. The van der Waals surface area contributed by atoms with Crippen LogP contribution in [0.15, 0.2) is 36.4 Å². The van der Waals surface area contributed by atoms with Crippen LogP contribution >= 0.6 is 0 Å². The van der Waals surface area contributed by atoms with E-state index in [2.05, 4.69) is 10.6 Å². The zero-order valence-electron chi connectivity index (χ0n) is 17.2. The number of carbonyl (C=O) groups excluding carboxylic acids is 3.